The van der Waals surface area contributed by atoms with Crippen LogP contribution in [0.3, 0.4) is 0 Å². The molecule has 3 N–H and O–H groups in total. The van der Waals surface area contributed by atoms with Crippen molar-refractivity contribution in [1.29, 1.82) is 0 Å². The van der Waals surface area contributed by atoms with Crippen LogP contribution in [0, 0.1) is 6.92 Å². The van der Waals surface area contributed by atoms with Gasteiger partial charge in [0.25, 0.3) is 5.75 Å². The van der Waals surface area contributed by atoms with Gasteiger partial charge in [0.15, 0.2) is 5.78 Å². The van der Waals surface area contributed by atoms with Crippen molar-refractivity contribution in [1.82, 2.24) is 0 Å². The summed E-state index contributed by atoms with van der Waals surface area (Å²) in [5.41, 5.74) is 2.59. The van der Waals surface area contributed by atoms with E-state index in [1.54, 1.807) is 37.5 Å². The molecule has 5 nitrogen and oxygen atoms in total. The van der Waals surface area contributed by atoms with Gasteiger partial charge in [-0.1, -0.05) is 24.3 Å². The molecule has 0 saturated carbocycles. The molecule has 0 unspecified atom stereocenters. The maximum atomic E-state index is 12.0. The van der Waals surface area contributed by atoms with Crippen LogP contribution < -0.4 is 9.47 Å². The zero-order valence-electron chi connectivity index (χ0n) is 15.5. The van der Waals surface area contributed by atoms with Gasteiger partial charge < -0.3 is 19.7 Å². The first-order valence-corrected chi connectivity index (χ1v) is 8.28. The van der Waals surface area contributed by atoms with Crippen LogP contribution in [-0.4, -0.2) is 30.2 Å². The lowest BCUT2D eigenvalue weighted by Gasteiger charge is -2.04. The van der Waals surface area contributed by atoms with Crippen molar-refractivity contribution >= 4 is 17.9 Å². The first-order chi connectivity index (χ1) is 12.9. The van der Waals surface area contributed by atoms with Gasteiger partial charge in [0.05, 0.1) is 14.2 Å². The lowest BCUT2D eigenvalue weighted by molar-refractivity contribution is -0.110. The van der Waals surface area contributed by atoms with E-state index in [-0.39, 0.29) is 17.3 Å². The van der Waals surface area contributed by atoms with E-state index >= 15 is 0 Å². The van der Waals surface area contributed by atoms with E-state index in [0.717, 1.165) is 28.5 Å². The lowest BCUT2D eigenvalue weighted by Crippen LogP contribution is -1.90. The van der Waals surface area contributed by atoms with Gasteiger partial charge in [-0.3, -0.25) is 4.79 Å². The van der Waals surface area contributed by atoms with Crippen LogP contribution in [-0.2, 0) is 4.79 Å². The number of carbonyl (C=O) groups excluding carboxylic acids is 1. The minimum absolute atomic E-state index is 0.167. The number of hydrogen-bond acceptors (Lipinski definition) is 4. The van der Waals surface area contributed by atoms with E-state index in [2.05, 4.69) is 0 Å². The van der Waals surface area contributed by atoms with Gasteiger partial charge in [-0.25, -0.2) is 0 Å². The number of aliphatic hydroxyl groups excluding tert-OH is 1. The summed E-state index contributed by atoms with van der Waals surface area (Å²) in [5, 5.41) is 17.6. The number of rotatable bonds is 7. The van der Waals surface area contributed by atoms with Crippen LogP contribution >= 0.6 is 0 Å². The maximum absolute atomic E-state index is 12.0. The predicted octanol–water partition coefficient (Wildman–Crippen LogP) is 4.19. The summed E-state index contributed by atoms with van der Waals surface area (Å²) < 4.78 is 10.3. The van der Waals surface area contributed by atoms with Crippen LogP contribution in [0.25, 0.3) is 12.2 Å². The summed E-state index contributed by atoms with van der Waals surface area (Å²) in [4.78, 5) is 12.0. The van der Waals surface area contributed by atoms with Gasteiger partial charge in [-0.2, -0.15) is 0 Å². The number of ketones is 1. The van der Waals surface area contributed by atoms with Crippen LogP contribution in [0.4, 0.5) is 0 Å². The normalized spacial score (nSPS) is 11.9. The fourth-order valence-electron chi connectivity index (χ4n) is 2.35. The number of hydrogen-bond donors (Lipinski definition) is 1. The van der Waals surface area contributed by atoms with Crippen molar-refractivity contribution in [2.45, 2.75) is 6.92 Å². The molecule has 0 heterocycles. The van der Waals surface area contributed by atoms with E-state index in [1.165, 1.54) is 19.3 Å². The number of aryl methyl sites for hydroxylation is 1. The number of allylic oxidation sites excluding steroid dienone is 3. The zero-order chi connectivity index (χ0) is 19.8. The van der Waals surface area contributed by atoms with Crippen LogP contribution in [0.2, 0.25) is 0 Å². The molecule has 0 bridgehead atoms. The molecule has 140 valence electrons. The zero-order valence-corrected chi connectivity index (χ0v) is 15.5. The summed E-state index contributed by atoms with van der Waals surface area (Å²) in [6, 6.07) is 10.6. The van der Waals surface area contributed by atoms with Gasteiger partial charge in [0, 0.05) is 12.1 Å². The number of carbonyl (C=O) groups is 1. The first kappa shape index (κ1) is 19.8. The molecule has 5 heteroatoms. The summed E-state index contributed by atoms with van der Waals surface area (Å²) in [6.07, 6.45) is 7.23. The monoisotopic (exact) mass is 367 g/mol. The van der Waals surface area contributed by atoms with E-state index in [0.29, 0.717) is 5.75 Å². The first-order valence-electron chi connectivity index (χ1n) is 8.28. The molecular weight excluding hydrogens is 344 g/mol. The molecule has 0 aromatic heterocycles. The predicted molar refractivity (Wildman–Crippen MR) is 108 cm³/mol. The van der Waals surface area contributed by atoms with Crippen molar-refractivity contribution in [2.24, 2.45) is 0 Å². The Morgan fingerprint density at radius 3 is 2.22 bits per heavy atom. The van der Waals surface area contributed by atoms with E-state index in [1.807, 2.05) is 25.1 Å². The SMILES string of the molecule is COc1cc(/C=C/C(=O)/C=C(O)/C=C/c2ccc([OH2+])c(OC)c2)ccc1C. The third-order valence-corrected chi connectivity index (χ3v) is 3.83. The summed E-state index contributed by atoms with van der Waals surface area (Å²) >= 11 is 0. The Balaban J connectivity index is 2.05. The second kappa shape index (κ2) is 9.29. The minimum atomic E-state index is -0.337. The maximum Gasteiger partial charge on any atom is 0.296 e. The highest BCUT2D eigenvalue weighted by Crippen LogP contribution is 2.26. The van der Waals surface area contributed by atoms with Gasteiger partial charge >= 0.3 is 0 Å². The van der Waals surface area contributed by atoms with Crippen LogP contribution in [0.1, 0.15) is 16.7 Å². The van der Waals surface area contributed by atoms with Crippen molar-refractivity contribution in [2.75, 3.05) is 14.2 Å². The Morgan fingerprint density at radius 1 is 0.963 bits per heavy atom. The quantitative estimate of drug-likeness (QED) is 0.344. The highest BCUT2D eigenvalue weighted by Gasteiger charge is 2.05. The molecule has 0 saturated heterocycles. The fraction of sp³-hybridized carbons (Fsp3) is 0.136. The summed E-state index contributed by atoms with van der Waals surface area (Å²) in [7, 11) is 3.09. The average molecular weight is 367 g/mol. The molecule has 0 aliphatic rings. The van der Waals surface area contributed by atoms with Crippen LogP contribution in [0.15, 0.2) is 60.4 Å². The van der Waals surface area contributed by atoms with Crippen molar-refractivity contribution in [3.8, 4) is 17.2 Å². The number of benzene rings is 2. The standard InChI is InChI=1S/C22H22O5/c1-15-4-5-16(12-21(15)26-2)6-9-18(23)14-19(24)10-7-17-8-11-20(25)22(13-17)27-3/h4-14,24-25H,1-3H3/p+1/b9-6+,10-7+,19-14-. The molecule has 2 rings (SSSR count). The van der Waals surface area contributed by atoms with E-state index < -0.39 is 0 Å². The molecule has 0 spiro atoms. The minimum Gasteiger partial charge on any atom is -0.591 e. The van der Waals surface area contributed by atoms with Crippen molar-refractivity contribution < 1.29 is 24.5 Å². The second-order valence-electron chi connectivity index (χ2n) is 5.83. The smallest absolute Gasteiger partial charge is 0.296 e. The molecule has 2 aromatic carbocycles. The topological polar surface area (TPSA) is 78.7 Å². The van der Waals surface area contributed by atoms with Gasteiger partial charge in [-0.15, -0.1) is 0 Å². The molecule has 0 aliphatic carbocycles. The van der Waals surface area contributed by atoms with Gasteiger partial charge in [-0.05, 0) is 54.0 Å². The van der Waals surface area contributed by atoms with Crippen LogP contribution in [0.5, 0.6) is 17.2 Å². The molecular formula is C22H23O5+. The molecule has 27 heavy (non-hydrogen) atoms. The largest absolute Gasteiger partial charge is 0.591 e. The number of ether oxygens (including phenoxy) is 2. The Bertz CT molecular complexity index is 907. The Morgan fingerprint density at radius 2 is 1.56 bits per heavy atom. The molecule has 0 fully saturated rings. The Hall–Kier alpha value is -3.47. The average Bonchev–Trinajstić information content (AvgIpc) is 2.66. The number of aliphatic hydroxyl groups is 1. The summed E-state index contributed by atoms with van der Waals surface area (Å²) in [6.45, 7) is 1.94. The Labute approximate surface area is 158 Å². The fourth-order valence-corrected chi connectivity index (χ4v) is 2.35. The lowest BCUT2D eigenvalue weighted by atomic mass is 10.1. The van der Waals surface area contributed by atoms with E-state index in [4.69, 9.17) is 14.6 Å². The number of methoxy groups -OCH3 is 2. The van der Waals surface area contributed by atoms with E-state index in [9.17, 15) is 9.90 Å². The molecule has 0 aliphatic heterocycles. The van der Waals surface area contributed by atoms with Gasteiger partial charge in [0.1, 0.15) is 11.5 Å². The highest BCUT2D eigenvalue weighted by molar-refractivity contribution is 6.02. The third kappa shape index (κ3) is 5.78. The third-order valence-electron chi connectivity index (χ3n) is 3.83. The molecule has 0 radical (unpaired) electrons. The van der Waals surface area contributed by atoms with Crippen molar-refractivity contribution in [3.63, 3.8) is 0 Å². The van der Waals surface area contributed by atoms with Crippen molar-refractivity contribution in [3.05, 3.63) is 77.1 Å². The highest BCUT2D eigenvalue weighted by atomic mass is 16.5. The Kier molecular flexibility index (Phi) is 6.83. The van der Waals surface area contributed by atoms with Gasteiger partial charge in [0.2, 0.25) is 5.75 Å². The second-order valence-corrected chi connectivity index (χ2v) is 5.83. The molecule has 0 amide bonds. The summed E-state index contributed by atoms with van der Waals surface area (Å²) in [5.74, 6) is 0.964. The molecule has 0 atom stereocenters. The molecule has 2 aromatic rings.